The minimum absolute atomic E-state index is 0.273. The summed E-state index contributed by atoms with van der Waals surface area (Å²) in [7, 11) is 0. The van der Waals surface area contributed by atoms with Crippen LogP contribution in [0.4, 0.5) is 0 Å². The van der Waals surface area contributed by atoms with Gasteiger partial charge in [-0.3, -0.25) is 0 Å². The Labute approximate surface area is 78.4 Å². The molecule has 3 N–H and O–H groups in total. The molecule has 0 aliphatic heterocycles. The predicted molar refractivity (Wildman–Crippen MR) is 52.8 cm³/mol. The van der Waals surface area contributed by atoms with Gasteiger partial charge in [0.2, 0.25) is 0 Å². The van der Waals surface area contributed by atoms with E-state index in [2.05, 4.69) is 6.07 Å². The Hall–Kier alpha value is -1.02. The molecule has 0 heterocycles. The van der Waals surface area contributed by atoms with Crippen LogP contribution in [0.5, 0.6) is 5.75 Å². The molecule has 1 aliphatic carbocycles. The van der Waals surface area contributed by atoms with Crippen LogP contribution in [-0.2, 0) is 12.8 Å². The molecule has 2 rings (SSSR count). The molecule has 0 spiro atoms. The van der Waals surface area contributed by atoms with Crippen molar-refractivity contribution in [1.29, 1.82) is 0 Å². The molecule has 0 saturated carbocycles. The number of nitrogens with two attached hydrogens (primary N) is 1. The van der Waals surface area contributed by atoms with Gasteiger partial charge in [0.25, 0.3) is 0 Å². The maximum atomic E-state index is 9.79. The Kier molecular flexibility index (Phi) is 2.00. The second kappa shape index (κ2) is 3.04. The Morgan fingerprint density at radius 2 is 2.23 bits per heavy atom. The standard InChI is InChI=1S/C11H15NO/c1-7-2-3-8-6-9(12)4-5-10(8)11(7)13/h2-3,9,13H,4-6,12H2,1H3/t9-/m1/s1. The van der Waals surface area contributed by atoms with E-state index in [1.165, 1.54) is 5.56 Å². The SMILES string of the molecule is Cc1ccc2c(c1O)CC[C@@H](N)C2. The molecule has 0 bridgehead atoms. The number of aryl methyl sites for hydroxylation is 1. The Bertz CT molecular complexity index is 333. The van der Waals surface area contributed by atoms with Crippen molar-refractivity contribution in [2.45, 2.75) is 32.2 Å². The summed E-state index contributed by atoms with van der Waals surface area (Å²) in [5.74, 6) is 0.476. The molecule has 0 saturated heterocycles. The van der Waals surface area contributed by atoms with E-state index < -0.39 is 0 Å². The zero-order valence-corrected chi connectivity index (χ0v) is 7.88. The van der Waals surface area contributed by atoms with Crippen molar-refractivity contribution in [3.05, 3.63) is 28.8 Å². The highest BCUT2D eigenvalue weighted by Crippen LogP contribution is 2.30. The number of hydrogen-bond acceptors (Lipinski definition) is 2. The lowest BCUT2D eigenvalue weighted by molar-refractivity contribution is 0.453. The van der Waals surface area contributed by atoms with Gasteiger partial charge in [-0.15, -0.1) is 0 Å². The molecule has 0 aromatic heterocycles. The fourth-order valence-corrected chi connectivity index (χ4v) is 1.98. The van der Waals surface area contributed by atoms with Crippen molar-refractivity contribution >= 4 is 0 Å². The quantitative estimate of drug-likeness (QED) is 0.631. The van der Waals surface area contributed by atoms with E-state index in [1.54, 1.807) is 0 Å². The van der Waals surface area contributed by atoms with E-state index in [0.717, 1.165) is 30.4 Å². The first-order chi connectivity index (χ1) is 6.18. The topological polar surface area (TPSA) is 46.2 Å². The molecule has 1 aromatic rings. The molecule has 2 heteroatoms. The van der Waals surface area contributed by atoms with Gasteiger partial charge in [0.15, 0.2) is 0 Å². The van der Waals surface area contributed by atoms with Gasteiger partial charge in [0, 0.05) is 6.04 Å². The van der Waals surface area contributed by atoms with E-state index in [-0.39, 0.29) is 6.04 Å². The summed E-state index contributed by atoms with van der Waals surface area (Å²) in [6.45, 7) is 1.93. The highest BCUT2D eigenvalue weighted by molar-refractivity contribution is 5.46. The summed E-state index contributed by atoms with van der Waals surface area (Å²) in [6.07, 6.45) is 2.82. The van der Waals surface area contributed by atoms with Gasteiger partial charge in [0.05, 0.1) is 0 Å². The molecule has 0 fully saturated rings. The summed E-state index contributed by atoms with van der Waals surface area (Å²) < 4.78 is 0. The number of fused-ring (bicyclic) bond motifs is 1. The third kappa shape index (κ3) is 1.42. The summed E-state index contributed by atoms with van der Waals surface area (Å²) in [5.41, 5.74) is 9.16. The maximum absolute atomic E-state index is 9.79. The van der Waals surface area contributed by atoms with Crippen LogP contribution in [0.3, 0.4) is 0 Å². The molecule has 0 amide bonds. The van der Waals surface area contributed by atoms with Gasteiger partial charge in [-0.1, -0.05) is 12.1 Å². The maximum Gasteiger partial charge on any atom is 0.121 e. The van der Waals surface area contributed by atoms with Crippen molar-refractivity contribution in [2.75, 3.05) is 0 Å². The normalized spacial score (nSPS) is 21.2. The molecule has 1 aromatic carbocycles. The lowest BCUT2D eigenvalue weighted by Crippen LogP contribution is -2.27. The lowest BCUT2D eigenvalue weighted by Gasteiger charge is -2.22. The fourth-order valence-electron chi connectivity index (χ4n) is 1.98. The average molecular weight is 177 g/mol. The average Bonchev–Trinajstić information content (AvgIpc) is 2.12. The molecule has 70 valence electrons. The first kappa shape index (κ1) is 8.57. The fraction of sp³-hybridized carbons (Fsp3) is 0.455. The molecule has 0 radical (unpaired) electrons. The van der Waals surface area contributed by atoms with Crippen LogP contribution in [0.2, 0.25) is 0 Å². The predicted octanol–water partition coefficient (Wildman–Crippen LogP) is 1.52. The highest BCUT2D eigenvalue weighted by Gasteiger charge is 2.18. The lowest BCUT2D eigenvalue weighted by atomic mass is 9.87. The van der Waals surface area contributed by atoms with Crippen LogP contribution in [0.15, 0.2) is 12.1 Å². The van der Waals surface area contributed by atoms with Gasteiger partial charge in [-0.25, -0.2) is 0 Å². The zero-order valence-electron chi connectivity index (χ0n) is 7.88. The number of aromatic hydroxyl groups is 1. The minimum atomic E-state index is 0.273. The van der Waals surface area contributed by atoms with Gasteiger partial charge in [-0.2, -0.15) is 0 Å². The summed E-state index contributed by atoms with van der Waals surface area (Å²) >= 11 is 0. The monoisotopic (exact) mass is 177 g/mol. The Morgan fingerprint density at radius 3 is 3.00 bits per heavy atom. The summed E-state index contributed by atoms with van der Waals surface area (Å²) in [6, 6.07) is 4.32. The number of benzene rings is 1. The van der Waals surface area contributed by atoms with Crippen molar-refractivity contribution < 1.29 is 5.11 Å². The van der Waals surface area contributed by atoms with Gasteiger partial charge >= 0.3 is 0 Å². The minimum Gasteiger partial charge on any atom is -0.507 e. The largest absolute Gasteiger partial charge is 0.507 e. The van der Waals surface area contributed by atoms with Crippen molar-refractivity contribution in [3.8, 4) is 5.75 Å². The molecule has 1 atom stereocenters. The molecular formula is C11H15NO. The Morgan fingerprint density at radius 1 is 1.46 bits per heavy atom. The Balaban J connectivity index is 2.47. The molecule has 13 heavy (non-hydrogen) atoms. The summed E-state index contributed by atoms with van der Waals surface area (Å²) in [4.78, 5) is 0. The van der Waals surface area contributed by atoms with E-state index in [1.807, 2.05) is 13.0 Å². The van der Waals surface area contributed by atoms with Crippen LogP contribution < -0.4 is 5.73 Å². The first-order valence-corrected chi connectivity index (χ1v) is 4.74. The number of phenolic OH excluding ortho intramolecular Hbond substituents is 1. The van der Waals surface area contributed by atoms with Gasteiger partial charge in [-0.05, 0) is 42.9 Å². The summed E-state index contributed by atoms with van der Waals surface area (Å²) in [5, 5.41) is 9.79. The number of phenols is 1. The van der Waals surface area contributed by atoms with Crippen molar-refractivity contribution in [3.63, 3.8) is 0 Å². The first-order valence-electron chi connectivity index (χ1n) is 4.74. The third-order valence-corrected chi connectivity index (χ3v) is 2.83. The number of rotatable bonds is 0. The van der Waals surface area contributed by atoms with Crippen LogP contribution in [0.25, 0.3) is 0 Å². The van der Waals surface area contributed by atoms with Crippen molar-refractivity contribution in [1.82, 2.24) is 0 Å². The van der Waals surface area contributed by atoms with E-state index in [4.69, 9.17) is 5.73 Å². The van der Waals surface area contributed by atoms with E-state index in [9.17, 15) is 5.11 Å². The van der Waals surface area contributed by atoms with E-state index in [0.29, 0.717) is 5.75 Å². The molecule has 2 nitrogen and oxygen atoms in total. The molecule has 0 unspecified atom stereocenters. The third-order valence-electron chi connectivity index (χ3n) is 2.83. The zero-order chi connectivity index (χ0) is 9.42. The van der Waals surface area contributed by atoms with Crippen LogP contribution in [0, 0.1) is 6.92 Å². The van der Waals surface area contributed by atoms with Crippen molar-refractivity contribution in [2.24, 2.45) is 5.73 Å². The highest BCUT2D eigenvalue weighted by atomic mass is 16.3. The smallest absolute Gasteiger partial charge is 0.121 e. The molecule has 1 aliphatic rings. The van der Waals surface area contributed by atoms with Crippen LogP contribution in [-0.4, -0.2) is 11.1 Å². The van der Waals surface area contributed by atoms with Gasteiger partial charge in [0.1, 0.15) is 5.75 Å². The van der Waals surface area contributed by atoms with Crippen LogP contribution in [0.1, 0.15) is 23.1 Å². The second-order valence-corrected chi connectivity index (χ2v) is 3.87. The van der Waals surface area contributed by atoms with E-state index >= 15 is 0 Å². The van der Waals surface area contributed by atoms with Crippen LogP contribution >= 0.6 is 0 Å². The molecular weight excluding hydrogens is 162 g/mol. The second-order valence-electron chi connectivity index (χ2n) is 3.87. The van der Waals surface area contributed by atoms with Gasteiger partial charge < -0.3 is 10.8 Å². The number of hydrogen-bond donors (Lipinski definition) is 2.